The minimum absolute atomic E-state index is 0.0249. The Labute approximate surface area is 241 Å². The molecule has 0 amide bonds. The highest BCUT2D eigenvalue weighted by molar-refractivity contribution is 5.94. The third kappa shape index (κ3) is 9.11. The minimum Gasteiger partial charge on any atom is -0.494 e. The lowest BCUT2D eigenvalue weighted by atomic mass is 9.90. The molecule has 2 heterocycles. The van der Waals surface area contributed by atoms with E-state index in [0.717, 1.165) is 15.8 Å². The Hall–Kier alpha value is -5.28. The molecule has 0 aliphatic heterocycles. The average Bonchev–Trinajstić information content (AvgIpc) is 3.36. The molecule has 0 radical (unpaired) electrons. The molecular weight excluding hydrogens is 578 g/mol. The zero-order chi connectivity index (χ0) is 31.6. The van der Waals surface area contributed by atoms with Crippen LogP contribution in [0, 0.1) is 5.41 Å². The molecule has 2 aromatic heterocycles. The highest BCUT2D eigenvalue weighted by Gasteiger charge is 2.38. The molecular formula is C27H27F4N7O5. The van der Waals surface area contributed by atoms with E-state index >= 15 is 0 Å². The number of amidine groups is 1. The number of aliphatic carboxylic acids is 1. The first kappa shape index (κ1) is 32.2. The summed E-state index contributed by atoms with van der Waals surface area (Å²) in [6.45, 7) is 1.57. The zero-order valence-corrected chi connectivity index (χ0v) is 22.6. The molecule has 12 nitrogen and oxygen atoms in total. The molecule has 1 atom stereocenters. The van der Waals surface area contributed by atoms with Crippen molar-refractivity contribution in [1.29, 1.82) is 5.41 Å². The molecule has 43 heavy (non-hydrogen) atoms. The van der Waals surface area contributed by atoms with Crippen molar-refractivity contribution >= 4 is 11.8 Å². The van der Waals surface area contributed by atoms with Crippen molar-refractivity contribution in [2.45, 2.75) is 25.4 Å². The molecule has 0 aliphatic carbocycles. The number of nitrogens with two attached hydrogens (primary N) is 1. The highest BCUT2D eigenvalue weighted by Crippen LogP contribution is 2.33. The van der Waals surface area contributed by atoms with Crippen LogP contribution in [0.4, 0.5) is 17.6 Å². The van der Waals surface area contributed by atoms with Crippen molar-refractivity contribution in [2.24, 2.45) is 5.73 Å². The van der Waals surface area contributed by atoms with Crippen molar-refractivity contribution in [1.82, 2.24) is 24.7 Å². The zero-order valence-electron chi connectivity index (χ0n) is 22.6. The number of hydrogen-bond acceptors (Lipinski definition) is 8. The lowest BCUT2D eigenvalue weighted by molar-refractivity contribution is -0.192. The van der Waals surface area contributed by atoms with Crippen molar-refractivity contribution in [2.75, 3.05) is 19.9 Å². The Balaban J connectivity index is 0.000000646. The van der Waals surface area contributed by atoms with Crippen LogP contribution < -0.4 is 20.9 Å². The SMILES string of the molecule is CCOc1cc(OCCF)cc(C(Cc2ccc(C(=N)N)cc2)c2nn(-c3ncccn3)c(=O)[nH]2)c1.O=C(O)C(F)(F)F. The van der Waals surface area contributed by atoms with E-state index in [4.69, 9.17) is 30.5 Å². The smallest absolute Gasteiger partial charge is 0.490 e. The van der Waals surface area contributed by atoms with Gasteiger partial charge >= 0.3 is 17.8 Å². The van der Waals surface area contributed by atoms with Gasteiger partial charge in [-0.05, 0) is 42.7 Å². The van der Waals surface area contributed by atoms with Gasteiger partial charge in [0.1, 0.15) is 36.4 Å². The standard InChI is InChI=1S/C25H26FN7O3.C2HF3O2/c1-2-35-19-13-18(14-20(15-19)36-11-8-26)21(12-16-4-6-17(7-5-16)22(27)28)23-31-25(34)33(32-23)24-29-9-3-10-30-24;3-2(4,5)1(6)7/h3-7,9-10,13-15,21H,2,8,11-12H2,1H3,(H3,27,28)(H,31,32,34);(H,6,7). The molecule has 0 aliphatic rings. The summed E-state index contributed by atoms with van der Waals surface area (Å²) in [6, 6.07) is 14.2. The number of halogens is 4. The molecule has 228 valence electrons. The molecule has 0 saturated carbocycles. The fourth-order valence-electron chi connectivity index (χ4n) is 3.75. The molecule has 0 bridgehead atoms. The number of carboxylic acid groups (broad SMARTS) is 1. The van der Waals surface area contributed by atoms with E-state index in [1.165, 1.54) is 12.4 Å². The second-order valence-electron chi connectivity index (χ2n) is 8.65. The second-order valence-corrected chi connectivity index (χ2v) is 8.65. The van der Waals surface area contributed by atoms with Crippen LogP contribution in [0.1, 0.15) is 35.4 Å². The van der Waals surface area contributed by atoms with E-state index in [1.807, 2.05) is 25.1 Å². The number of carboxylic acids is 1. The molecule has 5 N–H and O–H groups in total. The number of nitrogens with zero attached hydrogens (tertiary/aromatic N) is 4. The number of carbonyl (C=O) groups is 1. The molecule has 2 aromatic carbocycles. The summed E-state index contributed by atoms with van der Waals surface area (Å²) in [5, 5.41) is 19.2. The third-order valence-corrected chi connectivity index (χ3v) is 5.62. The first-order valence-corrected chi connectivity index (χ1v) is 12.6. The normalized spacial score (nSPS) is 11.7. The van der Waals surface area contributed by atoms with Crippen molar-refractivity contribution < 1.29 is 36.9 Å². The Bertz CT molecular complexity index is 1580. The van der Waals surface area contributed by atoms with E-state index in [0.29, 0.717) is 35.9 Å². The number of ether oxygens (including phenoxy) is 2. The van der Waals surface area contributed by atoms with Gasteiger partial charge in [0.2, 0.25) is 0 Å². The van der Waals surface area contributed by atoms with Gasteiger partial charge in [-0.2, -0.15) is 13.2 Å². The number of aromatic amines is 1. The number of alkyl halides is 4. The minimum atomic E-state index is -5.08. The Morgan fingerprint density at radius 2 is 1.72 bits per heavy atom. The first-order chi connectivity index (χ1) is 20.4. The van der Waals surface area contributed by atoms with Gasteiger partial charge in [0.25, 0.3) is 5.95 Å². The molecule has 0 fully saturated rings. The number of nitrogen functional groups attached to an aromatic ring is 1. The molecule has 4 aromatic rings. The van der Waals surface area contributed by atoms with Gasteiger partial charge in [0.05, 0.1) is 6.61 Å². The Morgan fingerprint density at radius 3 is 2.26 bits per heavy atom. The van der Waals surface area contributed by atoms with Crippen LogP contribution in [0.15, 0.2) is 65.7 Å². The maximum atomic E-state index is 12.8. The summed E-state index contributed by atoms with van der Waals surface area (Å²) in [7, 11) is 0. The van der Waals surface area contributed by atoms with Gasteiger partial charge in [0, 0.05) is 29.9 Å². The fraction of sp³-hybridized carbons (Fsp3) is 0.259. The van der Waals surface area contributed by atoms with Crippen LogP contribution in [-0.2, 0) is 11.2 Å². The average molecular weight is 606 g/mol. The number of hydrogen-bond donors (Lipinski definition) is 4. The number of aromatic nitrogens is 5. The number of nitrogens with one attached hydrogen (secondary N) is 2. The molecule has 0 saturated heterocycles. The van der Waals surface area contributed by atoms with Gasteiger partial charge in [-0.15, -0.1) is 9.78 Å². The summed E-state index contributed by atoms with van der Waals surface area (Å²) in [5.74, 6) is -1.69. The molecule has 16 heteroatoms. The van der Waals surface area contributed by atoms with E-state index in [-0.39, 0.29) is 18.4 Å². The third-order valence-electron chi connectivity index (χ3n) is 5.62. The van der Waals surface area contributed by atoms with Crippen LogP contribution in [-0.4, -0.2) is 67.7 Å². The largest absolute Gasteiger partial charge is 0.494 e. The fourth-order valence-corrected chi connectivity index (χ4v) is 3.75. The topological polar surface area (TPSA) is 182 Å². The summed E-state index contributed by atoms with van der Waals surface area (Å²) in [4.78, 5) is 32.7. The second kappa shape index (κ2) is 14.6. The van der Waals surface area contributed by atoms with E-state index in [2.05, 4.69) is 20.1 Å². The summed E-state index contributed by atoms with van der Waals surface area (Å²) in [5.41, 5.74) is 7.38. The monoisotopic (exact) mass is 605 g/mol. The van der Waals surface area contributed by atoms with E-state index in [9.17, 15) is 22.4 Å². The van der Waals surface area contributed by atoms with Gasteiger partial charge < -0.3 is 20.3 Å². The van der Waals surface area contributed by atoms with Crippen LogP contribution in [0.2, 0.25) is 0 Å². The quantitative estimate of drug-likeness (QED) is 0.113. The van der Waals surface area contributed by atoms with Crippen molar-refractivity contribution in [3.8, 4) is 17.4 Å². The number of benzene rings is 2. The number of rotatable bonds is 11. The molecule has 1 unspecified atom stereocenters. The first-order valence-electron chi connectivity index (χ1n) is 12.6. The maximum absolute atomic E-state index is 12.8. The van der Waals surface area contributed by atoms with Crippen molar-refractivity contribution in [3.63, 3.8) is 0 Å². The predicted octanol–water partition coefficient (Wildman–Crippen LogP) is 3.39. The lowest BCUT2D eigenvalue weighted by Crippen LogP contribution is -2.21. The van der Waals surface area contributed by atoms with Gasteiger partial charge in [-0.1, -0.05) is 24.3 Å². The lowest BCUT2D eigenvalue weighted by Gasteiger charge is -2.18. The summed E-state index contributed by atoms with van der Waals surface area (Å²) < 4.78 is 56.9. The Kier molecular flexibility index (Phi) is 10.9. The molecule has 4 rings (SSSR count). The van der Waals surface area contributed by atoms with Crippen molar-refractivity contribution in [3.05, 3.63) is 93.9 Å². The van der Waals surface area contributed by atoms with Crippen LogP contribution in [0.3, 0.4) is 0 Å². The van der Waals surface area contributed by atoms with Crippen LogP contribution in [0.5, 0.6) is 11.5 Å². The Morgan fingerprint density at radius 1 is 1.12 bits per heavy atom. The van der Waals surface area contributed by atoms with Gasteiger partial charge in [-0.3, -0.25) is 10.4 Å². The summed E-state index contributed by atoms with van der Waals surface area (Å²) >= 11 is 0. The molecule has 0 spiro atoms. The van der Waals surface area contributed by atoms with Gasteiger partial charge in [-0.25, -0.2) is 23.9 Å². The van der Waals surface area contributed by atoms with Crippen LogP contribution >= 0.6 is 0 Å². The van der Waals surface area contributed by atoms with E-state index < -0.39 is 30.4 Å². The van der Waals surface area contributed by atoms with Crippen LogP contribution in [0.25, 0.3) is 5.95 Å². The maximum Gasteiger partial charge on any atom is 0.490 e. The van der Waals surface area contributed by atoms with E-state index in [1.54, 1.807) is 30.3 Å². The number of H-pyrrole nitrogens is 1. The predicted molar refractivity (Wildman–Crippen MR) is 146 cm³/mol. The highest BCUT2D eigenvalue weighted by atomic mass is 19.4. The van der Waals surface area contributed by atoms with Gasteiger partial charge in [0.15, 0.2) is 0 Å². The summed E-state index contributed by atoms with van der Waals surface area (Å²) in [6.07, 6.45) is -1.59.